The average Bonchev–Trinajstić information content (AvgIpc) is 2.35. The summed E-state index contributed by atoms with van der Waals surface area (Å²) in [6, 6.07) is 8.32. The lowest BCUT2D eigenvalue weighted by atomic mass is 10.0. The number of carbonyl (C=O) groups excluding carboxylic acids is 1. The molecule has 98 valence electrons. The largest absolute Gasteiger partial charge is 0.309 e. The smallest absolute Gasteiger partial charge is 0.159 e. The Morgan fingerprint density at radius 2 is 1.89 bits per heavy atom. The Balaban J connectivity index is 2.59. The number of hydrogen-bond donors (Lipinski definition) is 0. The molecule has 1 aromatic carbocycles. The van der Waals surface area contributed by atoms with Crippen molar-refractivity contribution in [1.29, 1.82) is 0 Å². The van der Waals surface area contributed by atoms with Gasteiger partial charge in [-0.25, -0.2) is 0 Å². The second kappa shape index (κ2) is 7.12. The molecule has 0 aliphatic carbocycles. The topological polar surface area (TPSA) is 20.3 Å². The van der Waals surface area contributed by atoms with Crippen LogP contribution in [0.5, 0.6) is 0 Å². The van der Waals surface area contributed by atoms with Gasteiger partial charge in [0.2, 0.25) is 0 Å². The molecule has 1 aromatic rings. The van der Waals surface area contributed by atoms with Crippen molar-refractivity contribution in [2.24, 2.45) is 5.92 Å². The van der Waals surface area contributed by atoms with E-state index < -0.39 is 0 Å². The number of allylic oxidation sites excluding steroid dienone is 1. The summed E-state index contributed by atoms with van der Waals surface area (Å²) in [5.41, 5.74) is 2.40. The zero-order chi connectivity index (χ0) is 13.5. The van der Waals surface area contributed by atoms with E-state index in [-0.39, 0.29) is 11.7 Å². The lowest BCUT2D eigenvalue weighted by Crippen LogP contribution is -2.24. The fourth-order valence-electron chi connectivity index (χ4n) is 1.84. The predicted octanol–water partition coefficient (Wildman–Crippen LogP) is 3.03. The Kier molecular flexibility index (Phi) is 5.79. The molecule has 0 saturated heterocycles. The Morgan fingerprint density at radius 3 is 2.39 bits per heavy atom. The van der Waals surface area contributed by atoms with Crippen molar-refractivity contribution in [3.8, 4) is 0 Å². The van der Waals surface area contributed by atoms with Crippen molar-refractivity contribution in [2.75, 3.05) is 20.6 Å². The molecule has 0 N–H and O–H groups in total. The van der Waals surface area contributed by atoms with Gasteiger partial charge in [-0.05, 0) is 37.7 Å². The van der Waals surface area contributed by atoms with Crippen LogP contribution in [-0.2, 0) is 11.2 Å². The van der Waals surface area contributed by atoms with E-state index in [1.165, 1.54) is 5.56 Å². The van der Waals surface area contributed by atoms with Crippen LogP contribution in [0.1, 0.15) is 25.0 Å². The highest BCUT2D eigenvalue weighted by Crippen LogP contribution is 2.08. The summed E-state index contributed by atoms with van der Waals surface area (Å²) in [5, 5.41) is 0. The van der Waals surface area contributed by atoms with E-state index in [1.807, 2.05) is 32.0 Å². The van der Waals surface area contributed by atoms with Gasteiger partial charge in [0.25, 0.3) is 0 Å². The first kappa shape index (κ1) is 14.7. The number of carbonyl (C=O) groups is 1. The minimum Gasteiger partial charge on any atom is -0.309 e. The first-order valence-corrected chi connectivity index (χ1v) is 6.48. The fourth-order valence-corrected chi connectivity index (χ4v) is 1.84. The quantitative estimate of drug-likeness (QED) is 0.718. The number of ketones is 1. The van der Waals surface area contributed by atoms with Crippen LogP contribution >= 0.6 is 0 Å². The molecule has 18 heavy (non-hydrogen) atoms. The van der Waals surface area contributed by atoms with Gasteiger partial charge >= 0.3 is 0 Å². The van der Waals surface area contributed by atoms with Crippen LogP contribution in [0.15, 0.2) is 30.3 Å². The zero-order valence-electron chi connectivity index (χ0n) is 11.8. The molecule has 0 aliphatic rings. The van der Waals surface area contributed by atoms with Crippen molar-refractivity contribution in [2.45, 2.75) is 20.3 Å². The lowest BCUT2D eigenvalue weighted by molar-refractivity contribution is -0.118. The number of nitrogens with zero attached hydrogens (tertiary/aromatic N) is 1. The summed E-state index contributed by atoms with van der Waals surface area (Å²) in [4.78, 5) is 13.9. The van der Waals surface area contributed by atoms with E-state index >= 15 is 0 Å². The monoisotopic (exact) mass is 245 g/mol. The number of hydrogen-bond acceptors (Lipinski definition) is 2. The predicted molar refractivity (Wildman–Crippen MR) is 77.6 cm³/mol. The molecule has 0 saturated carbocycles. The third kappa shape index (κ3) is 4.84. The maximum Gasteiger partial charge on any atom is 0.159 e. The molecule has 1 atom stereocenters. The van der Waals surface area contributed by atoms with Crippen LogP contribution in [0.25, 0.3) is 6.08 Å². The first-order valence-electron chi connectivity index (χ1n) is 6.48. The van der Waals surface area contributed by atoms with Gasteiger partial charge < -0.3 is 4.90 Å². The van der Waals surface area contributed by atoms with Crippen molar-refractivity contribution < 1.29 is 4.79 Å². The first-order chi connectivity index (χ1) is 8.52. The van der Waals surface area contributed by atoms with Crippen molar-refractivity contribution in [1.82, 2.24) is 4.90 Å². The summed E-state index contributed by atoms with van der Waals surface area (Å²) >= 11 is 0. The molecule has 0 bridgehead atoms. The molecule has 0 fully saturated rings. The summed E-state index contributed by atoms with van der Waals surface area (Å²) < 4.78 is 0. The molecular weight excluding hydrogens is 222 g/mol. The molecular formula is C16H23NO. The van der Waals surface area contributed by atoms with Crippen LogP contribution in [0.2, 0.25) is 0 Å². The lowest BCUT2D eigenvalue weighted by Gasteiger charge is -2.13. The third-order valence-electron chi connectivity index (χ3n) is 2.95. The van der Waals surface area contributed by atoms with Gasteiger partial charge in [-0.2, -0.15) is 0 Å². The van der Waals surface area contributed by atoms with Gasteiger partial charge in [0.1, 0.15) is 0 Å². The minimum absolute atomic E-state index is 0.0474. The normalized spacial score (nSPS) is 13.2. The maximum atomic E-state index is 11.9. The Bertz CT molecular complexity index is 404. The Labute approximate surface area is 110 Å². The Hall–Kier alpha value is -1.41. The van der Waals surface area contributed by atoms with E-state index in [4.69, 9.17) is 0 Å². The van der Waals surface area contributed by atoms with E-state index in [0.717, 1.165) is 18.5 Å². The van der Waals surface area contributed by atoms with Crippen molar-refractivity contribution >= 4 is 11.9 Å². The van der Waals surface area contributed by atoms with Crippen LogP contribution in [0.4, 0.5) is 0 Å². The van der Waals surface area contributed by atoms with Crippen molar-refractivity contribution in [3.05, 3.63) is 41.5 Å². The molecule has 0 heterocycles. The molecule has 0 spiro atoms. The zero-order valence-corrected chi connectivity index (χ0v) is 11.8. The van der Waals surface area contributed by atoms with Crippen LogP contribution < -0.4 is 0 Å². The van der Waals surface area contributed by atoms with Crippen molar-refractivity contribution in [3.63, 3.8) is 0 Å². The highest BCUT2D eigenvalue weighted by Gasteiger charge is 2.10. The Morgan fingerprint density at radius 1 is 1.28 bits per heavy atom. The molecule has 2 heteroatoms. The molecule has 0 unspecified atom stereocenters. The van der Waals surface area contributed by atoms with E-state index in [0.29, 0.717) is 0 Å². The van der Waals surface area contributed by atoms with Gasteiger partial charge in [-0.15, -0.1) is 0 Å². The maximum absolute atomic E-state index is 11.9. The van der Waals surface area contributed by atoms with E-state index in [2.05, 4.69) is 31.2 Å². The highest BCUT2D eigenvalue weighted by atomic mass is 16.1. The number of benzene rings is 1. The van der Waals surface area contributed by atoms with Crippen LogP contribution in [-0.4, -0.2) is 31.3 Å². The second-order valence-electron chi connectivity index (χ2n) is 4.99. The minimum atomic E-state index is 0.0474. The summed E-state index contributed by atoms with van der Waals surface area (Å²) in [5.74, 6) is 0.231. The standard InChI is InChI=1S/C16H23NO/c1-5-14-6-8-15(9-7-14)10-11-16(18)13(2)12-17(3)4/h6-11,13H,5,12H2,1-4H3/b11-10-/t13-/m0/s1. The number of rotatable bonds is 6. The van der Waals surface area contributed by atoms with Gasteiger partial charge in [0.05, 0.1) is 0 Å². The van der Waals surface area contributed by atoms with Gasteiger partial charge in [-0.1, -0.05) is 44.2 Å². The summed E-state index contributed by atoms with van der Waals surface area (Å²) in [6.07, 6.45) is 4.63. The van der Waals surface area contributed by atoms with Crippen LogP contribution in [0, 0.1) is 5.92 Å². The summed E-state index contributed by atoms with van der Waals surface area (Å²) in [6.45, 7) is 4.89. The van der Waals surface area contributed by atoms with Gasteiger partial charge in [0.15, 0.2) is 5.78 Å². The molecule has 0 radical (unpaired) electrons. The molecule has 0 amide bonds. The molecule has 0 aliphatic heterocycles. The second-order valence-corrected chi connectivity index (χ2v) is 4.99. The summed E-state index contributed by atoms with van der Waals surface area (Å²) in [7, 11) is 3.97. The molecule has 2 nitrogen and oxygen atoms in total. The van der Waals surface area contributed by atoms with E-state index in [9.17, 15) is 4.79 Å². The SMILES string of the molecule is CCc1ccc(/C=C\C(=O)[C@@H](C)CN(C)C)cc1. The van der Waals surface area contributed by atoms with E-state index in [1.54, 1.807) is 6.08 Å². The van der Waals surface area contributed by atoms with Crippen LogP contribution in [0.3, 0.4) is 0 Å². The van der Waals surface area contributed by atoms with Gasteiger partial charge in [-0.3, -0.25) is 4.79 Å². The van der Waals surface area contributed by atoms with Gasteiger partial charge in [0, 0.05) is 12.5 Å². The highest BCUT2D eigenvalue weighted by molar-refractivity contribution is 5.95. The fraction of sp³-hybridized carbons (Fsp3) is 0.438. The third-order valence-corrected chi connectivity index (χ3v) is 2.95. The average molecular weight is 245 g/mol. The molecule has 1 rings (SSSR count). The molecule has 0 aromatic heterocycles. The number of aryl methyl sites for hydroxylation is 1.